The number of ether oxygens (including phenoxy) is 1. The van der Waals surface area contributed by atoms with E-state index in [4.69, 9.17) is 4.74 Å². The zero-order valence-electron chi connectivity index (χ0n) is 26.4. The van der Waals surface area contributed by atoms with Crippen molar-refractivity contribution >= 4 is 17.7 Å². The summed E-state index contributed by atoms with van der Waals surface area (Å²) in [7, 11) is 0. The van der Waals surface area contributed by atoms with E-state index in [1.54, 1.807) is 0 Å². The van der Waals surface area contributed by atoms with Crippen molar-refractivity contribution in [2.75, 3.05) is 12.3 Å². The average Bonchev–Trinajstić information content (AvgIpc) is 3.26. The highest BCUT2D eigenvalue weighted by atomic mass is 32.2. The Labute approximate surface area is 246 Å². The van der Waals surface area contributed by atoms with Crippen molar-refractivity contribution in [2.24, 2.45) is 34.5 Å². The molecule has 0 radical (unpaired) electrons. The van der Waals surface area contributed by atoms with E-state index >= 15 is 0 Å². The number of thioether (sulfide) groups is 1. The monoisotopic (exact) mass is 561 g/mol. The second kappa shape index (κ2) is 14.8. The first-order chi connectivity index (χ1) is 18.8. The van der Waals surface area contributed by atoms with Crippen molar-refractivity contribution in [1.29, 1.82) is 0 Å². The van der Waals surface area contributed by atoms with Gasteiger partial charge in [-0.05, 0) is 117 Å². The summed E-state index contributed by atoms with van der Waals surface area (Å²) >= 11 is 2.09. The molecular formula is C35H63NO2S. The molecule has 4 heteroatoms. The van der Waals surface area contributed by atoms with Gasteiger partial charge in [0.15, 0.2) is 0 Å². The van der Waals surface area contributed by atoms with Gasteiger partial charge in [-0.25, -0.2) is 0 Å². The quantitative estimate of drug-likeness (QED) is 0.160. The fourth-order valence-electron chi connectivity index (χ4n) is 9.98. The lowest BCUT2D eigenvalue weighted by atomic mass is 9.47. The Morgan fingerprint density at radius 1 is 0.821 bits per heavy atom. The summed E-state index contributed by atoms with van der Waals surface area (Å²) in [6.45, 7) is 13.2. The van der Waals surface area contributed by atoms with E-state index in [9.17, 15) is 4.79 Å². The summed E-state index contributed by atoms with van der Waals surface area (Å²) in [6.07, 6.45) is 23.3. The summed E-state index contributed by atoms with van der Waals surface area (Å²) in [5, 5.41) is 4.67. The number of unbranched alkanes of at least 4 members (excludes halogenated alkanes) is 8. The summed E-state index contributed by atoms with van der Waals surface area (Å²) in [5.41, 5.74) is 0.866. The fourth-order valence-corrected chi connectivity index (χ4v) is 10.8. The molecule has 0 bridgehead atoms. The predicted molar refractivity (Wildman–Crippen MR) is 168 cm³/mol. The molecule has 3 nitrogen and oxygen atoms in total. The lowest BCUT2D eigenvalue weighted by molar-refractivity contribution is -0.156. The highest BCUT2D eigenvalue weighted by molar-refractivity contribution is 7.99. The molecule has 8 atom stereocenters. The Bertz CT molecular complexity index is 757. The van der Waals surface area contributed by atoms with E-state index in [1.807, 2.05) is 0 Å². The van der Waals surface area contributed by atoms with Crippen LogP contribution in [0.5, 0.6) is 0 Å². The van der Waals surface area contributed by atoms with Crippen molar-refractivity contribution in [3.05, 3.63) is 0 Å². The van der Waals surface area contributed by atoms with Crippen molar-refractivity contribution in [3.8, 4) is 0 Å². The van der Waals surface area contributed by atoms with Crippen LogP contribution in [0.2, 0.25) is 0 Å². The average molecular weight is 562 g/mol. The zero-order chi connectivity index (χ0) is 27.9. The van der Waals surface area contributed by atoms with E-state index in [1.165, 1.54) is 115 Å². The van der Waals surface area contributed by atoms with Crippen LogP contribution in [0.3, 0.4) is 0 Å². The molecule has 1 saturated heterocycles. The Morgan fingerprint density at radius 2 is 1.49 bits per heavy atom. The van der Waals surface area contributed by atoms with Gasteiger partial charge in [0.25, 0.3) is 0 Å². The maximum atomic E-state index is 12.8. The Balaban J connectivity index is 1.11. The Kier molecular flexibility index (Phi) is 12.0. The van der Waals surface area contributed by atoms with Gasteiger partial charge in [0.05, 0.1) is 0 Å². The van der Waals surface area contributed by atoms with Crippen LogP contribution in [0.4, 0.5) is 0 Å². The van der Waals surface area contributed by atoms with Crippen LogP contribution in [-0.2, 0) is 9.53 Å². The molecule has 3 aliphatic carbocycles. The third kappa shape index (κ3) is 7.79. The minimum absolute atomic E-state index is 0.0591. The van der Waals surface area contributed by atoms with Crippen LogP contribution in [0.25, 0.3) is 0 Å². The molecular weight excluding hydrogens is 498 g/mol. The van der Waals surface area contributed by atoms with E-state index in [2.05, 4.69) is 51.7 Å². The molecule has 0 aromatic rings. The molecule has 4 aliphatic rings. The van der Waals surface area contributed by atoms with Gasteiger partial charge in [0.1, 0.15) is 6.10 Å². The van der Waals surface area contributed by atoms with Crippen molar-refractivity contribution in [3.63, 3.8) is 0 Å². The SMILES string of the molecule is CC(C)SCCCCCCCCCCCC(=O)OC(C)[C@H]1CC[C@H]2[C@@H]3CC[C@H]4NCCC[C@]4(C)[C@H]3CC[C@]12C. The van der Waals surface area contributed by atoms with Crippen LogP contribution >= 0.6 is 11.8 Å². The van der Waals surface area contributed by atoms with E-state index in [0.717, 1.165) is 35.5 Å². The normalized spacial score (nSPS) is 36.7. The molecule has 1 heterocycles. The third-order valence-corrected chi connectivity index (χ3v) is 13.3. The summed E-state index contributed by atoms with van der Waals surface area (Å²) in [6, 6.07) is 0.748. The number of carbonyl (C=O) groups is 1. The van der Waals surface area contributed by atoms with Gasteiger partial charge in [0, 0.05) is 18.4 Å². The van der Waals surface area contributed by atoms with Crippen molar-refractivity contribution in [2.45, 2.75) is 168 Å². The number of hydrogen-bond acceptors (Lipinski definition) is 4. The van der Waals surface area contributed by atoms with Crippen LogP contribution in [0, 0.1) is 34.5 Å². The lowest BCUT2D eigenvalue weighted by Gasteiger charge is -2.60. The predicted octanol–water partition coefficient (Wildman–Crippen LogP) is 9.57. The van der Waals surface area contributed by atoms with Gasteiger partial charge in [0.2, 0.25) is 0 Å². The van der Waals surface area contributed by atoms with Crippen LogP contribution in [0.15, 0.2) is 0 Å². The topological polar surface area (TPSA) is 38.3 Å². The smallest absolute Gasteiger partial charge is 0.306 e. The number of carbonyl (C=O) groups excluding carboxylic acids is 1. The number of fused-ring (bicyclic) bond motifs is 5. The second-order valence-electron chi connectivity index (χ2n) is 14.8. The van der Waals surface area contributed by atoms with Crippen LogP contribution in [-0.4, -0.2) is 35.7 Å². The van der Waals surface area contributed by atoms with E-state index < -0.39 is 0 Å². The number of hydrogen-bond donors (Lipinski definition) is 1. The summed E-state index contributed by atoms with van der Waals surface area (Å²) in [4.78, 5) is 12.8. The van der Waals surface area contributed by atoms with Gasteiger partial charge < -0.3 is 10.1 Å². The summed E-state index contributed by atoms with van der Waals surface area (Å²) < 4.78 is 6.15. The fraction of sp³-hybridized carbons (Fsp3) is 0.971. The Morgan fingerprint density at radius 3 is 2.21 bits per heavy atom. The molecule has 0 amide bonds. The van der Waals surface area contributed by atoms with Gasteiger partial charge in [-0.2, -0.15) is 11.8 Å². The standard InChI is InChI=1S/C35H63NO2S/c1-26(2)39-25-14-12-10-8-6-7-9-11-13-16-33(37)38-27(3)29-18-19-30-28-17-20-32-35(5,22-15-24-36-32)31(28)21-23-34(29,30)4/h26-32,36H,6-25H2,1-5H3/t27?,28-,29+,30-,31-,32+,34+,35+/m0/s1. The molecule has 39 heavy (non-hydrogen) atoms. The van der Waals surface area contributed by atoms with Crippen LogP contribution in [0.1, 0.15) is 150 Å². The highest BCUT2D eigenvalue weighted by Gasteiger charge is 2.60. The lowest BCUT2D eigenvalue weighted by Crippen LogP contribution is -2.60. The maximum Gasteiger partial charge on any atom is 0.306 e. The highest BCUT2D eigenvalue weighted by Crippen LogP contribution is 2.66. The molecule has 226 valence electrons. The van der Waals surface area contributed by atoms with Gasteiger partial charge >= 0.3 is 5.97 Å². The molecule has 1 aliphatic heterocycles. The van der Waals surface area contributed by atoms with Gasteiger partial charge in [-0.3, -0.25) is 4.79 Å². The largest absolute Gasteiger partial charge is 0.462 e. The summed E-state index contributed by atoms with van der Waals surface area (Å²) in [5.74, 6) is 4.55. The molecule has 0 spiro atoms. The van der Waals surface area contributed by atoms with Gasteiger partial charge in [-0.15, -0.1) is 0 Å². The minimum Gasteiger partial charge on any atom is -0.462 e. The number of esters is 1. The van der Waals surface area contributed by atoms with E-state index in [0.29, 0.717) is 23.2 Å². The first kappa shape index (κ1) is 31.7. The van der Waals surface area contributed by atoms with Crippen molar-refractivity contribution in [1.82, 2.24) is 5.32 Å². The molecule has 4 rings (SSSR count). The molecule has 1 unspecified atom stereocenters. The number of piperidine rings is 1. The maximum absolute atomic E-state index is 12.8. The molecule has 1 N–H and O–H groups in total. The second-order valence-corrected chi connectivity index (χ2v) is 16.5. The molecule has 0 aromatic heterocycles. The molecule has 4 fully saturated rings. The van der Waals surface area contributed by atoms with Gasteiger partial charge in [-0.1, -0.05) is 72.6 Å². The molecule has 0 aromatic carbocycles. The number of nitrogens with one attached hydrogen (secondary N) is 1. The first-order valence-electron chi connectivity index (χ1n) is 17.3. The molecule has 3 saturated carbocycles. The number of rotatable bonds is 15. The zero-order valence-corrected chi connectivity index (χ0v) is 27.2. The third-order valence-electron chi connectivity index (χ3n) is 12.1. The first-order valence-corrected chi connectivity index (χ1v) is 18.3. The van der Waals surface area contributed by atoms with Crippen LogP contribution < -0.4 is 5.32 Å². The minimum atomic E-state index is 0.0591. The Hall–Kier alpha value is -0.220. The van der Waals surface area contributed by atoms with E-state index in [-0.39, 0.29) is 12.1 Å². The van der Waals surface area contributed by atoms with Crippen molar-refractivity contribution < 1.29 is 9.53 Å².